The lowest BCUT2D eigenvalue weighted by Gasteiger charge is -2.09. The van der Waals surface area contributed by atoms with Crippen molar-refractivity contribution >= 4 is 10.1 Å². The summed E-state index contributed by atoms with van der Waals surface area (Å²) in [5.41, 5.74) is 2.48. The first-order valence-electron chi connectivity index (χ1n) is 6.89. The molecule has 0 bridgehead atoms. The summed E-state index contributed by atoms with van der Waals surface area (Å²) in [6, 6.07) is 8.39. The Morgan fingerprint density at radius 2 is 1.85 bits per heavy atom. The fourth-order valence-electron chi connectivity index (χ4n) is 1.75. The van der Waals surface area contributed by atoms with Gasteiger partial charge >= 0.3 is 0 Å². The summed E-state index contributed by atoms with van der Waals surface area (Å²) < 4.78 is 31.7. The van der Waals surface area contributed by atoms with E-state index >= 15 is 0 Å². The first-order chi connectivity index (χ1) is 9.38. The Kier molecular flexibility index (Phi) is 7.19. The molecular weight excluding hydrogens is 276 g/mol. The van der Waals surface area contributed by atoms with Gasteiger partial charge in [0.1, 0.15) is 0 Å². The Morgan fingerprint density at radius 3 is 2.50 bits per heavy atom. The third-order valence-corrected chi connectivity index (χ3v) is 3.46. The molecule has 0 amide bonds. The average molecular weight is 300 g/mol. The van der Waals surface area contributed by atoms with Gasteiger partial charge in [-0.2, -0.15) is 8.42 Å². The summed E-state index contributed by atoms with van der Waals surface area (Å²) in [5.74, 6) is 0.517. The maximum atomic E-state index is 10.7. The van der Waals surface area contributed by atoms with Crippen LogP contribution in [0, 0.1) is 0 Å². The lowest BCUT2D eigenvalue weighted by atomic mass is 10.0. The van der Waals surface area contributed by atoms with Crippen LogP contribution in [0.1, 0.15) is 43.7 Å². The Bertz CT molecular complexity index is 494. The van der Waals surface area contributed by atoms with E-state index in [0.717, 1.165) is 12.7 Å². The molecule has 0 atom stereocenters. The van der Waals surface area contributed by atoms with Crippen molar-refractivity contribution < 1.29 is 17.3 Å². The number of unbranched alkanes of at least 4 members (excludes halogenated alkanes) is 1. The highest BCUT2D eigenvalue weighted by Crippen LogP contribution is 2.16. The van der Waals surface area contributed by atoms with E-state index in [1.54, 1.807) is 0 Å². The second kappa shape index (κ2) is 8.39. The van der Waals surface area contributed by atoms with Gasteiger partial charge < -0.3 is 4.74 Å². The molecule has 0 heterocycles. The van der Waals surface area contributed by atoms with E-state index in [1.165, 1.54) is 11.1 Å². The van der Waals surface area contributed by atoms with Gasteiger partial charge in [-0.15, -0.1) is 0 Å². The molecule has 1 aromatic rings. The molecule has 1 rings (SSSR count). The summed E-state index contributed by atoms with van der Waals surface area (Å²) in [6.45, 7) is 5.76. The highest BCUT2D eigenvalue weighted by Gasteiger charge is 2.02. The van der Waals surface area contributed by atoms with Crippen molar-refractivity contribution in [2.75, 3.05) is 19.5 Å². The second-order valence-corrected chi connectivity index (χ2v) is 6.83. The van der Waals surface area contributed by atoms with Crippen molar-refractivity contribution in [3.8, 4) is 0 Å². The minimum Gasteiger partial charge on any atom is -0.377 e. The van der Waals surface area contributed by atoms with Crippen LogP contribution in [0.15, 0.2) is 24.3 Å². The number of hydrogen-bond donors (Lipinski definition) is 0. The van der Waals surface area contributed by atoms with E-state index in [0.29, 0.717) is 25.6 Å². The van der Waals surface area contributed by atoms with E-state index < -0.39 is 10.1 Å². The third kappa shape index (κ3) is 7.62. The summed E-state index contributed by atoms with van der Waals surface area (Å²) in [4.78, 5) is 0. The van der Waals surface area contributed by atoms with Crippen LogP contribution in [0.25, 0.3) is 0 Å². The Hall–Kier alpha value is -0.910. The predicted octanol–water partition coefficient (Wildman–Crippen LogP) is 3.08. The van der Waals surface area contributed by atoms with Gasteiger partial charge in [-0.3, -0.25) is 4.18 Å². The smallest absolute Gasteiger partial charge is 0.264 e. The first-order valence-corrected chi connectivity index (χ1v) is 8.71. The molecule has 0 saturated heterocycles. The van der Waals surface area contributed by atoms with Gasteiger partial charge in [-0.25, -0.2) is 0 Å². The molecule has 20 heavy (non-hydrogen) atoms. The van der Waals surface area contributed by atoms with Crippen LogP contribution in [0.4, 0.5) is 0 Å². The van der Waals surface area contributed by atoms with Crippen LogP contribution in [-0.2, 0) is 25.6 Å². The van der Waals surface area contributed by atoms with Gasteiger partial charge in [0.25, 0.3) is 10.1 Å². The van der Waals surface area contributed by atoms with Crippen molar-refractivity contribution in [3.05, 3.63) is 35.4 Å². The molecule has 0 spiro atoms. The molecule has 0 unspecified atom stereocenters. The first kappa shape index (κ1) is 17.1. The minimum absolute atomic E-state index is 0.227. The monoisotopic (exact) mass is 300 g/mol. The molecule has 114 valence electrons. The summed E-state index contributed by atoms with van der Waals surface area (Å²) >= 11 is 0. The van der Waals surface area contributed by atoms with Crippen LogP contribution < -0.4 is 0 Å². The molecule has 4 nitrogen and oxygen atoms in total. The fourth-order valence-corrected chi connectivity index (χ4v) is 2.17. The van der Waals surface area contributed by atoms with Crippen LogP contribution in [0.5, 0.6) is 0 Å². The largest absolute Gasteiger partial charge is 0.377 e. The number of rotatable bonds is 9. The number of ether oxygens (including phenoxy) is 1. The van der Waals surface area contributed by atoms with Gasteiger partial charge in [0, 0.05) is 6.61 Å². The SMILES string of the molecule is CC(C)c1cccc(COCCCCOS(C)(=O)=O)c1. The van der Waals surface area contributed by atoms with Crippen LogP contribution in [0.2, 0.25) is 0 Å². The Morgan fingerprint density at radius 1 is 1.15 bits per heavy atom. The Balaban J connectivity index is 2.17. The van der Waals surface area contributed by atoms with E-state index in [4.69, 9.17) is 4.74 Å². The van der Waals surface area contributed by atoms with E-state index in [1.807, 2.05) is 6.07 Å². The number of benzene rings is 1. The molecule has 0 aliphatic rings. The van der Waals surface area contributed by atoms with Gasteiger partial charge in [-0.1, -0.05) is 38.1 Å². The lowest BCUT2D eigenvalue weighted by molar-refractivity contribution is 0.114. The van der Waals surface area contributed by atoms with Crippen LogP contribution in [-0.4, -0.2) is 27.9 Å². The molecule has 0 aliphatic carbocycles. The third-order valence-electron chi connectivity index (χ3n) is 2.87. The average Bonchev–Trinajstić information content (AvgIpc) is 2.36. The van der Waals surface area contributed by atoms with Gasteiger partial charge in [0.05, 0.1) is 19.5 Å². The molecule has 0 fully saturated rings. The molecule has 5 heteroatoms. The normalized spacial score (nSPS) is 12.0. The van der Waals surface area contributed by atoms with Crippen LogP contribution in [0.3, 0.4) is 0 Å². The zero-order valence-corrected chi connectivity index (χ0v) is 13.3. The second-order valence-electron chi connectivity index (χ2n) is 5.19. The molecule has 1 aromatic carbocycles. The van der Waals surface area contributed by atoms with Gasteiger partial charge in [-0.05, 0) is 29.9 Å². The Labute approximate surface area is 122 Å². The van der Waals surface area contributed by atoms with E-state index in [2.05, 4.69) is 36.2 Å². The number of hydrogen-bond acceptors (Lipinski definition) is 4. The molecule has 0 aliphatic heterocycles. The summed E-state index contributed by atoms with van der Waals surface area (Å²) in [7, 11) is -3.31. The highest BCUT2D eigenvalue weighted by atomic mass is 32.2. The predicted molar refractivity (Wildman–Crippen MR) is 80.2 cm³/mol. The van der Waals surface area contributed by atoms with Crippen LogP contribution >= 0.6 is 0 Å². The van der Waals surface area contributed by atoms with E-state index in [-0.39, 0.29) is 6.61 Å². The maximum absolute atomic E-state index is 10.7. The standard InChI is InChI=1S/C15H24O4S/c1-13(2)15-8-6-7-14(11-15)12-18-9-4-5-10-19-20(3,16)17/h6-8,11,13H,4-5,9-10,12H2,1-3H3. The van der Waals surface area contributed by atoms with Crippen molar-refractivity contribution in [2.24, 2.45) is 0 Å². The molecule has 0 radical (unpaired) electrons. The zero-order valence-electron chi connectivity index (χ0n) is 12.5. The minimum atomic E-state index is -3.31. The van der Waals surface area contributed by atoms with Gasteiger partial charge in [0.2, 0.25) is 0 Å². The van der Waals surface area contributed by atoms with Crippen molar-refractivity contribution in [1.29, 1.82) is 0 Å². The quantitative estimate of drug-likeness (QED) is 0.519. The lowest BCUT2D eigenvalue weighted by Crippen LogP contribution is -2.05. The van der Waals surface area contributed by atoms with E-state index in [9.17, 15) is 8.42 Å². The molecule has 0 saturated carbocycles. The molecule has 0 N–H and O–H groups in total. The molecular formula is C15H24O4S. The molecule has 0 aromatic heterocycles. The van der Waals surface area contributed by atoms with Crippen molar-refractivity contribution in [3.63, 3.8) is 0 Å². The van der Waals surface area contributed by atoms with Gasteiger partial charge in [0.15, 0.2) is 0 Å². The zero-order chi connectivity index (χ0) is 15.0. The van der Waals surface area contributed by atoms with Crippen molar-refractivity contribution in [2.45, 2.75) is 39.2 Å². The topological polar surface area (TPSA) is 52.6 Å². The maximum Gasteiger partial charge on any atom is 0.264 e. The van der Waals surface area contributed by atoms with Crippen molar-refractivity contribution in [1.82, 2.24) is 0 Å². The highest BCUT2D eigenvalue weighted by molar-refractivity contribution is 7.85. The summed E-state index contributed by atoms with van der Waals surface area (Å²) in [5, 5.41) is 0. The fraction of sp³-hybridized carbons (Fsp3) is 0.600. The summed E-state index contributed by atoms with van der Waals surface area (Å²) in [6.07, 6.45) is 2.53.